The second kappa shape index (κ2) is 4.17. The number of carbonyl (C=O) groups is 1. The quantitative estimate of drug-likeness (QED) is 0.659. The minimum Gasteiger partial charge on any atom is -0.354 e. The van der Waals surface area contributed by atoms with Crippen molar-refractivity contribution in [2.24, 2.45) is 5.92 Å². The van der Waals surface area contributed by atoms with Crippen LogP contribution in [0.3, 0.4) is 0 Å². The van der Waals surface area contributed by atoms with Crippen molar-refractivity contribution in [2.75, 3.05) is 6.54 Å². The van der Waals surface area contributed by atoms with Crippen LogP contribution in [-0.2, 0) is 4.79 Å². The van der Waals surface area contributed by atoms with Crippen LogP contribution in [0.5, 0.6) is 0 Å². The highest BCUT2D eigenvalue weighted by Gasteiger charge is 2.23. The first-order valence-corrected chi connectivity index (χ1v) is 4.60. The number of nitrogens with one attached hydrogen (secondary N) is 1. The molecule has 12 heavy (non-hydrogen) atoms. The molecule has 0 aliphatic carbocycles. The van der Waals surface area contributed by atoms with E-state index in [1.165, 1.54) is 11.8 Å². The van der Waals surface area contributed by atoms with Crippen molar-refractivity contribution in [1.82, 2.24) is 5.32 Å². The topological polar surface area (TPSA) is 52.9 Å². The number of nitrogens with zero attached hydrogens (tertiary/aromatic N) is 1. The van der Waals surface area contributed by atoms with E-state index in [2.05, 4.69) is 11.4 Å². The summed E-state index contributed by atoms with van der Waals surface area (Å²) in [6.45, 7) is 2.56. The maximum atomic E-state index is 9.98. The fourth-order valence-corrected chi connectivity index (χ4v) is 2.21. The van der Waals surface area contributed by atoms with Gasteiger partial charge in [0, 0.05) is 17.4 Å². The molecule has 2 atom stereocenters. The van der Waals surface area contributed by atoms with E-state index in [0.29, 0.717) is 18.9 Å². The molecule has 0 aromatic heterocycles. The number of amides is 1. The zero-order valence-electron chi connectivity index (χ0n) is 6.78. The van der Waals surface area contributed by atoms with Gasteiger partial charge in [0.05, 0.1) is 6.07 Å². The largest absolute Gasteiger partial charge is 0.354 e. The van der Waals surface area contributed by atoms with Crippen molar-refractivity contribution in [2.45, 2.75) is 12.2 Å². The number of hydrogen-bond acceptors (Lipinski definition) is 3. The van der Waals surface area contributed by atoms with Crippen LogP contribution < -0.4 is 5.32 Å². The third kappa shape index (κ3) is 2.02. The third-order valence-corrected chi connectivity index (χ3v) is 3.06. The van der Waals surface area contributed by atoms with Gasteiger partial charge in [-0.3, -0.25) is 4.79 Å². The SMILES string of the molecule is CC1C=C(CNC=O)SC1C#N. The van der Waals surface area contributed by atoms with Crippen LogP contribution in [0.15, 0.2) is 11.0 Å². The van der Waals surface area contributed by atoms with E-state index in [-0.39, 0.29) is 5.25 Å². The summed E-state index contributed by atoms with van der Waals surface area (Å²) in [4.78, 5) is 11.1. The zero-order chi connectivity index (χ0) is 8.97. The number of hydrogen-bond donors (Lipinski definition) is 1. The first-order chi connectivity index (χ1) is 5.77. The molecule has 4 heteroatoms. The van der Waals surface area contributed by atoms with E-state index in [1.54, 1.807) is 0 Å². The standard InChI is InChI=1S/C8H10N2OS/c1-6-2-7(4-10-5-11)12-8(6)3-9/h2,5-6,8H,4H2,1H3,(H,10,11). The Bertz CT molecular complexity index is 244. The van der Waals surface area contributed by atoms with Crippen molar-refractivity contribution in [3.05, 3.63) is 11.0 Å². The number of carbonyl (C=O) groups excluding carboxylic acids is 1. The molecule has 1 N–H and O–H groups in total. The van der Waals surface area contributed by atoms with Crippen LogP contribution in [0.25, 0.3) is 0 Å². The predicted octanol–water partition coefficient (Wildman–Crippen LogP) is 0.891. The molecule has 0 spiro atoms. The summed E-state index contributed by atoms with van der Waals surface area (Å²) in [5.74, 6) is 0.295. The van der Waals surface area contributed by atoms with Gasteiger partial charge < -0.3 is 5.32 Å². The maximum absolute atomic E-state index is 9.98. The van der Waals surface area contributed by atoms with Gasteiger partial charge in [-0.05, 0) is 0 Å². The minimum atomic E-state index is 0.0217. The molecule has 64 valence electrons. The molecule has 3 nitrogen and oxygen atoms in total. The molecule has 0 bridgehead atoms. The van der Waals surface area contributed by atoms with Gasteiger partial charge in [0.25, 0.3) is 0 Å². The molecular formula is C8H10N2OS. The van der Waals surface area contributed by atoms with Gasteiger partial charge >= 0.3 is 0 Å². The van der Waals surface area contributed by atoms with Crippen molar-refractivity contribution >= 4 is 18.2 Å². The van der Waals surface area contributed by atoms with Crippen molar-refractivity contribution in [1.29, 1.82) is 5.26 Å². The predicted molar refractivity (Wildman–Crippen MR) is 48.3 cm³/mol. The molecular weight excluding hydrogens is 172 g/mol. The summed E-state index contributed by atoms with van der Waals surface area (Å²) in [6.07, 6.45) is 2.71. The molecule has 0 radical (unpaired) electrons. The van der Waals surface area contributed by atoms with Crippen LogP contribution in [0.4, 0.5) is 0 Å². The molecule has 1 amide bonds. The number of thioether (sulfide) groups is 1. The van der Waals surface area contributed by atoms with Gasteiger partial charge in [-0.15, -0.1) is 11.8 Å². The van der Waals surface area contributed by atoms with Crippen LogP contribution in [0, 0.1) is 17.2 Å². The average Bonchev–Trinajstić information content (AvgIpc) is 2.43. The Morgan fingerprint density at radius 3 is 3.17 bits per heavy atom. The summed E-state index contributed by atoms with van der Waals surface area (Å²) in [6, 6.07) is 2.21. The van der Waals surface area contributed by atoms with E-state index in [1.807, 2.05) is 13.0 Å². The van der Waals surface area contributed by atoms with Gasteiger partial charge in [0.15, 0.2) is 0 Å². The van der Waals surface area contributed by atoms with Gasteiger partial charge in [0.1, 0.15) is 5.25 Å². The fourth-order valence-electron chi connectivity index (χ4n) is 1.08. The Morgan fingerprint density at radius 2 is 2.67 bits per heavy atom. The number of rotatable bonds is 3. The van der Waals surface area contributed by atoms with Gasteiger partial charge in [-0.25, -0.2) is 0 Å². The third-order valence-electron chi connectivity index (χ3n) is 1.69. The molecule has 1 rings (SSSR count). The zero-order valence-corrected chi connectivity index (χ0v) is 7.60. The van der Waals surface area contributed by atoms with Crippen molar-refractivity contribution in [3.63, 3.8) is 0 Å². The Balaban J connectivity index is 2.45. The van der Waals surface area contributed by atoms with Crippen LogP contribution in [-0.4, -0.2) is 18.2 Å². The average molecular weight is 182 g/mol. The summed E-state index contributed by atoms with van der Waals surface area (Å²) < 4.78 is 0. The molecule has 1 heterocycles. The summed E-state index contributed by atoms with van der Waals surface area (Å²) in [5, 5.41) is 11.3. The highest BCUT2D eigenvalue weighted by atomic mass is 32.2. The maximum Gasteiger partial charge on any atom is 0.207 e. The molecule has 1 aliphatic heterocycles. The lowest BCUT2D eigenvalue weighted by Gasteiger charge is -2.02. The summed E-state index contributed by atoms with van der Waals surface area (Å²) in [7, 11) is 0. The van der Waals surface area contributed by atoms with E-state index in [0.717, 1.165) is 4.91 Å². The number of nitriles is 1. The highest BCUT2D eigenvalue weighted by molar-refractivity contribution is 8.04. The van der Waals surface area contributed by atoms with Gasteiger partial charge in [-0.2, -0.15) is 5.26 Å². The highest BCUT2D eigenvalue weighted by Crippen LogP contribution is 2.35. The second-order valence-corrected chi connectivity index (χ2v) is 3.93. The normalized spacial score (nSPS) is 27.5. The second-order valence-electron chi connectivity index (χ2n) is 2.66. The smallest absolute Gasteiger partial charge is 0.207 e. The lowest BCUT2D eigenvalue weighted by molar-refractivity contribution is -0.109. The Hall–Kier alpha value is -0.950. The lowest BCUT2D eigenvalue weighted by Crippen LogP contribution is -2.12. The summed E-state index contributed by atoms with van der Waals surface area (Å²) >= 11 is 1.54. The molecule has 0 aromatic carbocycles. The first kappa shape index (κ1) is 9.14. The Morgan fingerprint density at radius 1 is 1.92 bits per heavy atom. The Kier molecular flexibility index (Phi) is 3.18. The van der Waals surface area contributed by atoms with Crippen molar-refractivity contribution < 1.29 is 4.79 Å². The first-order valence-electron chi connectivity index (χ1n) is 3.72. The van der Waals surface area contributed by atoms with Gasteiger partial charge in [0.2, 0.25) is 6.41 Å². The molecule has 0 saturated carbocycles. The molecule has 0 saturated heterocycles. The number of allylic oxidation sites excluding steroid dienone is 1. The van der Waals surface area contributed by atoms with Crippen LogP contribution >= 0.6 is 11.8 Å². The van der Waals surface area contributed by atoms with Crippen molar-refractivity contribution in [3.8, 4) is 6.07 Å². The minimum absolute atomic E-state index is 0.0217. The fraction of sp³-hybridized carbons (Fsp3) is 0.500. The van der Waals surface area contributed by atoms with E-state index < -0.39 is 0 Å². The Labute approximate surface area is 75.8 Å². The molecule has 2 unspecified atom stereocenters. The monoisotopic (exact) mass is 182 g/mol. The molecule has 1 aliphatic rings. The van der Waals surface area contributed by atoms with Crippen LogP contribution in [0.2, 0.25) is 0 Å². The van der Waals surface area contributed by atoms with E-state index >= 15 is 0 Å². The van der Waals surface area contributed by atoms with Gasteiger partial charge in [-0.1, -0.05) is 13.0 Å². The molecule has 0 aromatic rings. The summed E-state index contributed by atoms with van der Waals surface area (Å²) in [5.41, 5.74) is 0. The van der Waals surface area contributed by atoms with Crippen LogP contribution in [0.1, 0.15) is 6.92 Å². The van der Waals surface area contributed by atoms with E-state index in [9.17, 15) is 4.79 Å². The lowest BCUT2D eigenvalue weighted by atomic mass is 10.1. The van der Waals surface area contributed by atoms with E-state index in [4.69, 9.17) is 5.26 Å². The molecule has 0 fully saturated rings.